The van der Waals surface area contributed by atoms with Crippen molar-refractivity contribution in [1.29, 1.82) is 0 Å². The second kappa shape index (κ2) is 5.47. The standard InChI is InChI=1S/C11H19N5O2/c1-8-9(14-7-15-10(8)16-12)13-6-11(17)2-4-18-5-3-11/h7,17H,2-6,12H2,1H3,(H2,13,14,15,16). The zero-order valence-corrected chi connectivity index (χ0v) is 10.4. The Morgan fingerprint density at radius 3 is 2.72 bits per heavy atom. The molecule has 1 aliphatic heterocycles. The van der Waals surface area contributed by atoms with Gasteiger partial charge in [0.05, 0.1) is 5.60 Å². The summed E-state index contributed by atoms with van der Waals surface area (Å²) in [4.78, 5) is 8.14. The van der Waals surface area contributed by atoms with Crippen molar-refractivity contribution in [3.05, 3.63) is 11.9 Å². The lowest BCUT2D eigenvalue weighted by Gasteiger charge is -2.32. The van der Waals surface area contributed by atoms with E-state index in [0.29, 0.717) is 44.2 Å². The van der Waals surface area contributed by atoms with Gasteiger partial charge in [0.15, 0.2) is 0 Å². The van der Waals surface area contributed by atoms with Crippen LogP contribution < -0.4 is 16.6 Å². The predicted octanol–water partition coefficient (Wildman–Crippen LogP) is 0.0240. The minimum atomic E-state index is -0.730. The number of nitrogens with zero attached hydrogens (tertiary/aromatic N) is 2. The number of aliphatic hydroxyl groups is 1. The average Bonchev–Trinajstić information content (AvgIpc) is 2.38. The Morgan fingerprint density at radius 1 is 1.39 bits per heavy atom. The molecule has 0 unspecified atom stereocenters. The van der Waals surface area contributed by atoms with Gasteiger partial charge in [-0.25, -0.2) is 15.8 Å². The summed E-state index contributed by atoms with van der Waals surface area (Å²) in [5.74, 6) is 6.60. The van der Waals surface area contributed by atoms with Gasteiger partial charge in [-0.3, -0.25) is 0 Å². The van der Waals surface area contributed by atoms with Crippen LogP contribution in [0, 0.1) is 6.92 Å². The molecule has 0 aromatic carbocycles. The first-order valence-corrected chi connectivity index (χ1v) is 5.97. The van der Waals surface area contributed by atoms with Gasteiger partial charge in [0.25, 0.3) is 0 Å². The second-order valence-corrected chi connectivity index (χ2v) is 4.53. The molecule has 7 heteroatoms. The van der Waals surface area contributed by atoms with Crippen molar-refractivity contribution in [2.24, 2.45) is 5.84 Å². The molecule has 5 N–H and O–H groups in total. The van der Waals surface area contributed by atoms with Crippen LogP contribution in [0.25, 0.3) is 0 Å². The molecule has 18 heavy (non-hydrogen) atoms. The molecule has 1 aromatic rings. The number of nitrogen functional groups attached to an aromatic ring is 1. The van der Waals surface area contributed by atoms with E-state index in [9.17, 15) is 5.11 Å². The van der Waals surface area contributed by atoms with Gasteiger partial charge in [-0.1, -0.05) is 0 Å². The lowest BCUT2D eigenvalue weighted by atomic mass is 9.94. The molecule has 0 saturated carbocycles. The van der Waals surface area contributed by atoms with Crippen molar-refractivity contribution < 1.29 is 9.84 Å². The molecular weight excluding hydrogens is 234 g/mol. The number of nitrogens with two attached hydrogens (primary N) is 1. The molecule has 1 fully saturated rings. The summed E-state index contributed by atoms with van der Waals surface area (Å²) < 4.78 is 5.24. The van der Waals surface area contributed by atoms with Gasteiger partial charge in [0.2, 0.25) is 0 Å². The van der Waals surface area contributed by atoms with Crippen molar-refractivity contribution >= 4 is 11.6 Å². The highest BCUT2D eigenvalue weighted by atomic mass is 16.5. The molecule has 0 spiro atoms. The summed E-state index contributed by atoms with van der Waals surface area (Å²) in [6.07, 6.45) is 2.69. The Labute approximate surface area is 106 Å². The molecule has 1 aromatic heterocycles. The van der Waals surface area contributed by atoms with Crippen molar-refractivity contribution in [1.82, 2.24) is 9.97 Å². The Kier molecular flexibility index (Phi) is 3.95. The summed E-state index contributed by atoms with van der Waals surface area (Å²) in [6.45, 7) is 3.50. The van der Waals surface area contributed by atoms with Crippen LogP contribution in [0.2, 0.25) is 0 Å². The highest BCUT2D eigenvalue weighted by Gasteiger charge is 2.29. The smallest absolute Gasteiger partial charge is 0.148 e. The first-order chi connectivity index (χ1) is 8.64. The van der Waals surface area contributed by atoms with E-state index in [4.69, 9.17) is 10.6 Å². The fraction of sp³-hybridized carbons (Fsp3) is 0.636. The van der Waals surface area contributed by atoms with Crippen LogP contribution in [-0.4, -0.2) is 40.4 Å². The van der Waals surface area contributed by atoms with Gasteiger partial charge < -0.3 is 20.6 Å². The fourth-order valence-electron chi connectivity index (χ4n) is 1.95. The summed E-state index contributed by atoms with van der Waals surface area (Å²) >= 11 is 0. The molecule has 0 atom stereocenters. The van der Waals surface area contributed by atoms with E-state index in [1.165, 1.54) is 6.33 Å². The van der Waals surface area contributed by atoms with Gasteiger partial charge in [-0.2, -0.15) is 0 Å². The van der Waals surface area contributed by atoms with E-state index in [2.05, 4.69) is 20.7 Å². The molecular formula is C11H19N5O2. The topological polar surface area (TPSA) is 105 Å². The zero-order chi connectivity index (χ0) is 13.0. The van der Waals surface area contributed by atoms with E-state index >= 15 is 0 Å². The number of hydrogen-bond donors (Lipinski definition) is 4. The highest BCUT2D eigenvalue weighted by molar-refractivity contribution is 5.55. The lowest BCUT2D eigenvalue weighted by Crippen LogP contribution is -2.42. The molecule has 1 saturated heterocycles. The third-order valence-electron chi connectivity index (χ3n) is 3.23. The minimum absolute atomic E-state index is 0.443. The third kappa shape index (κ3) is 2.87. The number of anilines is 2. The van der Waals surface area contributed by atoms with Crippen LogP contribution in [-0.2, 0) is 4.74 Å². The Hall–Kier alpha value is -1.44. The van der Waals surface area contributed by atoms with E-state index in [0.717, 1.165) is 5.56 Å². The SMILES string of the molecule is Cc1c(NN)ncnc1NCC1(O)CCOCC1. The lowest BCUT2D eigenvalue weighted by molar-refractivity contribution is -0.0543. The van der Waals surface area contributed by atoms with Crippen LogP contribution >= 0.6 is 0 Å². The quantitative estimate of drug-likeness (QED) is 0.443. The maximum atomic E-state index is 10.3. The van der Waals surface area contributed by atoms with Crippen LogP contribution in [0.3, 0.4) is 0 Å². The Bertz CT molecular complexity index is 406. The summed E-state index contributed by atoms with van der Waals surface area (Å²) in [5, 5.41) is 13.5. The fourth-order valence-corrected chi connectivity index (χ4v) is 1.95. The van der Waals surface area contributed by atoms with Crippen LogP contribution in [0.15, 0.2) is 6.33 Å². The van der Waals surface area contributed by atoms with Crippen molar-refractivity contribution in [3.8, 4) is 0 Å². The Morgan fingerprint density at radius 2 is 2.06 bits per heavy atom. The number of hydrazine groups is 1. The molecule has 0 amide bonds. The summed E-state index contributed by atoms with van der Waals surface area (Å²) in [7, 11) is 0. The molecule has 2 heterocycles. The van der Waals surface area contributed by atoms with E-state index in [1.54, 1.807) is 0 Å². The van der Waals surface area contributed by atoms with Crippen molar-refractivity contribution in [3.63, 3.8) is 0 Å². The van der Waals surface area contributed by atoms with Crippen LogP contribution in [0.4, 0.5) is 11.6 Å². The monoisotopic (exact) mass is 253 g/mol. The number of rotatable bonds is 4. The molecule has 2 rings (SSSR count). The number of hydrogen-bond acceptors (Lipinski definition) is 7. The first kappa shape index (κ1) is 13.0. The van der Waals surface area contributed by atoms with E-state index < -0.39 is 5.60 Å². The molecule has 1 aliphatic rings. The van der Waals surface area contributed by atoms with E-state index in [-0.39, 0.29) is 0 Å². The minimum Gasteiger partial charge on any atom is -0.388 e. The maximum Gasteiger partial charge on any atom is 0.148 e. The summed E-state index contributed by atoms with van der Waals surface area (Å²) in [5.41, 5.74) is 2.61. The van der Waals surface area contributed by atoms with Gasteiger partial charge >= 0.3 is 0 Å². The number of ether oxygens (including phenoxy) is 1. The zero-order valence-electron chi connectivity index (χ0n) is 10.4. The number of aromatic nitrogens is 2. The molecule has 0 aliphatic carbocycles. The van der Waals surface area contributed by atoms with Gasteiger partial charge in [0.1, 0.15) is 18.0 Å². The Balaban J connectivity index is 2.01. The van der Waals surface area contributed by atoms with Crippen LogP contribution in [0.1, 0.15) is 18.4 Å². The first-order valence-electron chi connectivity index (χ1n) is 5.97. The molecule has 100 valence electrons. The van der Waals surface area contributed by atoms with Gasteiger partial charge in [-0.05, 0) is 6.92 Å². The van der Waals surface area contributed by atoms with Crippen LogP contribution in [0.5, 0.6) is 0 Å². The second-order valence-electron chi connectivity index (χ2n) is 4.53. The van der Waals surface area contributed by atoms with Crippen molar-refractivity contribution in [2.45, 2.75) is 25.4 Å². The van der Waals surface area contributed by atoms with Gasteiger partial charge in [0, 0.05) is 38.2 Å². The molecule has 0 bridgehead atoms. The molecule has 0 radical (unpaired) electrons. The highest BCUT2D eigenvalue weighted by Crippen LogP contribution is 2.23. The third-order valence-corrected chi connectivity index (χ3v) is 3.23. The van der Waals surface area contributed by atoms with Crippen molar-refractivity contribution in [2.75, 3.05) is 30.5 Å². The summed E-state index contributed by atoms with van der Waals surface area (Å²) in [6, 6.07) is 0. The van der Waals surface area contributed by atoms with Gasteiger partial charge in [-0.15, -0.1) is 0 Å². The normalized spacial score (nSPS) is 18.4. The molecule has 7 nitrogen and oxygen atoms in total. The number of nitrogens with one attached hydrogen (secondary N) is 2. The van der Waals surface area contributed by atoms with E-state index in [1.807, 2.05) is 6.92 Å². The average molecular weight is 253 g/mol. The maximum absolute atomic E-state index is 10.3. The largest absolute Gasteiger partial charge is 0.388 e. The predicted molar refractivity (Wildman–Crippen MR) is 68.1 cm³/mol.